The van der Waals surface area contributed by atoms with Gasteiger partial charge in [0.05, 0.1) is 22.0 Å². The minimum atomic E-state index is -0.116. The average molecular weight is 681 g/mol. The lowest BCUT2D eigenvalue weighted by molar-refractivity contribution is 0.660. The number of furan rings is 1. The fourth-order valence-corrected chi connectivity index (χ4v) is 8.54. The van der Waals surface area contributed by atoms with E-state index in [4.69, 9.17) is 19.4 Å². The Kier molecular flexibility index (Phi) is 6.23. The van der Waals surface area contributed by atoms with Crippen LogP contribution in [0.25, 0.3) is 94.7 Å². The van der Waals surface area contributed by atoms with Gasteiger partial charge in [0.2, 0.25) is 0 Å². The van der Waals surface area contributed by atoms with Crippen molar-refractivity contribution in [2.75, 3.05) is 0 Å². The van der Waals surface area contributed by atoms with Gasteiger partial charge in [0, 0.05) is 38.4 Å². The first-order valence-electron chi connectivity index (χ1n) is 18.0. The third kappa shape index (κ3) is 4.34. The number of nitrogens with zero attached hydrogens (tertiary/aromatic N) is 4. The number of para-hydroxylation sites is 2. The highest BCUT2D eigenvalue weighted by Crippen LogP contribution is 2.50. The lowest BCUT2D eigenvalue weighted by atomic mass is 9.82. The molecule has 0 amide bonds. The van der Waals surface area contributed by atoms with Crippen LogP contribution in [0.2, 0.25) is 0 Å². The van der Waals surface area contributed by atoms with E-state index < -0.39 is 0 Å². The summed E-state index contributed by atoms with van der Waals surface area (Å²) < 4.78 is 9.29. The second kappa shape index (κ2) is 11.1. The van der Waals surface area contributed by atoms with Crippen LogP contribution in [0.15, 0.2) is 162 Å². The predicted molar refractivity (Wildman–Crippen MR) is 215 cm³/mol. The molecule has 250 valence electrons. The third-order valence-electron chi connectivity index (χ3n) is 11.1. The number of fused-ring (bicyclic) bond motifs is 10. The molecule has 0 N–H and O–H groups in total. The van der Waals surface area contributed by atoms with E-state index in [2.05, 4.69) is 115 Å². The van der Waals surface area contributed by atoms with Gasteiger partial charge in [0.1, 0.15) is 11.2 Å². The van der Waals surface area contributed by atoms with Gasteiger partial charge in [-0.2, -0.15) is 0 Å². The highest BCUT2D eigenvalue weighted by Gasteiger charge is 2.35. The zero-order chi connectivity index (χ0) is 35.3. The maximum Gasteiger partial charge on any atom is 0.167 e. The molecule has 0 aliphatic heterocycles. The van der Waals surface area contributed by atoms with E-state index in [0.29, 0.717) is 17.5 Å². The summed E-state index contributed by atoms with van der Waals surface area (Å²) in [6.45, 7) is 4.68. The zero-order valence-electron chi connectivity index (χ0n) is 29.2. The SMILES string of the molecule is CC1(C)c2ccccc2-c2ccc(-n3c4ccccc4c4ccc5oc6c(-c7nc(-c8ccccc8)nc(-c8ccccc8)n7)cccc6c5c43)cc21. The molecule has 0 spiro atoms. The van der Waals surface area contributed by atoms with Crippen molar-refractivity contribution in [3.8, 4) is 51.0 Å². The second-order valence-corrected chi connectivity index (χ2v) is 14.4. The van der Waals surface area contributed by atoms with Crippen LogP contribution in [0.1, 0.15) is 25.0 Å². The van der Waals surface area contributed by atoms with Gasteiger partial charge in [0.15, 0.2) is 17.5 Å². The molecule has 5 heteroatoms. The topological polar surface area (TPSA) is 56.7 Å². The van der Waals surface area contributed by atoms with E-state index in [9.17, 15) is 0 Å². The van der Waals surface area contributed by atoms with Gasteiger partial charge in [-0.1, -0.05) is 135 Å². The van der Waals surface area contributed by atoms with Gasteiger partial charge in [0.25, 0.3) is 0 Å². The maximum absolute atomic E-state index is 6.86. The Morgan fingerprint density at radius 2 is 1.11 bits per heavy atom. The van der Waals surface area contributed by atoms with E-state index in [1.165, 1.54) is 33.0 Å². The zero-order valence-corrected chi connectivity index (χ0v) is 29.2. The average Bonchev–Trinajstić information content (AvgIpc) is 3.84. The Labute approximate surface area is 305 Å². The minimum absolute atomic E-state index is 0.116. The Morgan fingerprint density at radius 1 is 0.491 bits per heavy atom. The molecule has 0 bridgehead atoms. The maximum atomic E-state index is 6.86. The first-order chi connectivity index (χ1) is 26.0. The highest BCUT2D eigenvalue weighted by atomic mass is 16.3. The standard InChI is InChI=1S/C48H32N4O/c1-48(2)38-22-11-9-18-32(38)33-25-24-31(28-39(33)48)52-40-23-12-10-19-34(40)35-26-27-41-42(43(35)52)36-20-13-21-37(44(36)53-41)47-50-45(29-14-5-3-6-15-29)49-46(51-47)30-16-7-4-8-17-30/h3-28H,1-2H3. The molecule has 3 aromatic heterocycles. The van der Waals surface area contributed by atoms with Crippen molar-refractivity contribution in [2.45, 2.75) is 19.3 Å². The molecule has 7 aromatic carbocycles. The van der Waals surface area contributed by atoms with E-state index >= 15 is 0 Å². The molecule has 1 aliphatic carbocycles. The number of benzene rings is 7. The molecule has 0 atom stereocenters. The molecule has 0 radical (unpaired) electrons. The summed E-state index contributed by atoms with van der Waals surface area (Å²) in [6.07, 6.45) is 0. The first-order valence-corrected chi connectivity index (χ1v) is 18.0. The van der Waals surface area contributed by atoms with Crippen molar-refractivity contribution in [1.29, 1.82) is 0 Å². The highest BCUT2D eigenvalue weighted by molar-refractivity contribution is 6.25. The molecular weight excluding hydrogens is 649 g/mol. The smallest absolute Gasteiger partial charge is 0.167 e. The molecule has 11 rings (SSSR count). The third-order valence-corrected chi connectivity index (χ3v) is 11.1. The van der Waals surface area contributed by atoms with Crippen molar-refractivity contribution < 1.29 is 4.42 Å². The van der Waals surface area contributed by atoms with Gasteiger partial charge in [-0.25, -0.2) is 15.0 Å². The molecule has 5 nitrogen and oxygen atoms in total. The van der Waals surface area contributed by atoms with Crippen LogP contribution in [0.4, 0.5) is 0 Å². The Hall–Kier alpha value is -6.85. The Morgan fingerprint density at radius 3 is 1.89 bits per heavy atom. The van der Waals surface area contributed by atoms with Crippen molar-refractivity contribution in [2.24, 2.45) is 0 Å². The Bertz CT molecular complexity index is 3020. The monoisotopic (exact) mass is 680 g/mol. The fourth-order valence-electron chi connectivity index (χ4n) is 8.54. The van der Waals surface area contributed by atoms with Crippen molar-refractivity contribution in [1.82, 2.24) is 19.5 Å². The molecule has 53 heavy (non-hydrogen) atoms. The Balaban J connectivity index is 1.18. The first kappa shape index (κ1) is 29.8. The second-order valence-electron chi connectivity index (χ2n) is 14.4. The lowest BCUT2D eigenvalue weighted by Crippen LogP contribution is -2.15. The van der Waals surface area contributed by atoms with Gasteiger partial charge in [-0.15, -0.1) is 0 Å². The molecule has 1 aliphatic rings. The molecule has 10 aromatic rings. The van der Waals surface area contributed by atoms with Crippen LogP contribution in [-0.4, -0.2) is 19.5 Å². The lowest BCUT2D eigenvalue weighted by Gasteiger charge is -2.22. The van der Waals surface area contributed by atoms with E-state index in [1.54, 1.807) is 0 Å². The fraction of sp³-hybridized carbons (Fsp3) is 0.0625. The van der Waals surface area contributed by atoms with Crippen molar-refractivity contribution in [3.63, 3.8) is 0 Å². The molecule has 0 saturated heterocycles. The summed E-state index contributed by atoms with van der Waals surface area (Å²) in [5.74, 6) is 1.80. The number of rotatable bonds is 4. The molecule has 0 saturated carbocycles. The summed E-state index contributed by atoms with van der Waals surface area (Å²) in [4.78, 5) is 15.0. The number of hydrogen-bond donors (Lipinski definition) is 0. The van der Waals surface area contributed by atoms with Crippen LogP contribution in [0, 0.1) is 0 Å². The summed E-state index contributed by atoms with van der Waals surface area (Å²) >= 11 is 0. The number of aromatic nitrogens is 4. The quantitative estimate of drug-likeness (QED) is 0.186. The molecular formula is C48H32N4O. The summed E-state index contributed by atoms with van der Waals surface area (Å²) in [5, 5.41) is 4.47. The van der Waals surface area contributed by atoms with Gasteiger partial charge < -0.3 is 8.98 Å². The molecule has 0 fully saturated rings. The molecule has 0 unspecified atom stereocenters. The predicted octanol–water partition coefficient (Wildman–Crippen LogP) is 12.2. The number of hydrogen-bond acceptors (Lipinski definition) is 4. The van der Waals surface area contributed by atoms with E-state index in [0.717, 1.165) is 55.3 Å². The van der Waals surface area contributed by atoms with Gasteiger partial charge in [-0.05, 0) is 58.7 Å². The largest absolute Gasteiger partial charge is 0.455 e. The van der Waals surface area contributed by atoms with Crippen LogP contribution < -0.4 is 0 Å². The van der Waals surface area contributed by atoms with E-state index in [-0.39, 0.29) is 5.41 Å². The van der Waals surface area contributed by atoms with E-state index in [1.807, 2.05) is 60.7 Å². The molecule has 3 heterocycles. The van der Waals surface area contributed by atoms with Gasteiger partial charge >= 0.3 is 0 Å². The van der Waals surface area contributed by atoms with Crippen LogP contribution in [0.3, 0.4) is 0 Å². The van der Waals surface area contributed by atoms with Crippen LogP contribution in [0.5, 0.6) is 0 Å². The van der Waals surface area contributed by atoms with Crippen molar-refractivity contribution >= 4 is 43.7 Å². The van der Waals surface area contributed by atoms with Crippen LogP contribution >= 0.6 is 0 Å². The summed E-state index contributed by atoms with van der Waals surface area (Å²) in [7, 11) is 0. The normalized spacial score (nSPS) is 13.2. The minimum Gasteiger partial charge on any atom is -0.455 e. The summed E-state index contributed by atoms with van der Waals surface area (Å²) in [6, 6.07) is 55.3. The van der Waals surface area contributed by atoms with Crippen LogP contribution in [-0.2, 0) is 5.41 Å². The van der Waals surface area contributed by atoms with Crippen molar-refractivity contribution in [3.05, 3.63) is 169 Å². The van der Waals surface area contributed by atoms with Gasteiger partial charge in [-0.3, -0.25) is 0 Å². The summed E-state index contributed by atoms with van der Waals surface area (Å²) in [5.41, 5.74) is 12.9.